The molecule has 2 atom stereocenters. The van der Waals surface area contributed by atoms with Gasteiger partial charge < -0.3 is 10.8 Å². The van der Waals surface area contributed by atoms with Crippen molar-refractivity contribution in [3.63, 3.8) is 0 Å². The average molecular weight is 182 g/mol. The number of carbonyl (C=O) groups is 1. The van der Waals surface area contributed by atoms with Crippen LogP contribution < -0.4 is 5.73 Å². The zero-order chi connectivity index (χ0) is 8.15. The van der Waals surface area contributed by atoms with Crippen LogP contribution in [0.25, 0.3) is 0 Å². The maximum Gasteiger partial charge on any atom is 0.320 e. The molecule has 0 spiro atoms. The van der Waals surface area contributed by atoms with Gasteiger partial charge in [0.05, 0.1) is 0 Å². The molecule has 0 saturated carbocycles. The van der Waals surface area contributed by atoms with Crippen molar-refractivity contribution < 1.29 is 9.90 Å². The lowest BCUT2D eigenvalue weighted by Gasteiger charge is -2.13. The van der Waals surface area contributed by atoms with E-state index in [1.165, 1.54) is 0 Å². The summed E-state index contributed by atoms with van der Waals surface area (Å²) in [5, 5.41) is 8.45. The second-order valence-electron chi connectivity index (χ2n) is 2.63. The molecule has 0 aromatic heterocycles. The maximum absolute atomic E-state index is 10.3. The van der Waals surface area contributed by atoms with Crippen LogP contribution in [0.3, 0.4) is 0 Å². The molecule has 0 aliphatic rings. The zero-order valence-electron chi connectivity index (χ0n) is 6.91. The fourth-order valence-corrected chi connectivity index (χ4v) is 0.878. The van der Waals surface area contributed by atoms with Gasteiger partial charge in [0.1, 0.15) is 6.04 Å². The van der Waals surface area contributed by atoms with E-state index in [0.29, 0.717) is 0 Å². The molecular formula is C7H16ClNO2. The number of halogens is 1. The Bertz CT molecular complexity index is 119. The molecule has 0 aliphatic heterocycles. The molecule has 4 heteroatoms. The fourth-order valence-electron chi connectivity index (χ4n) is 0.878. The molecule has 0 fully saturated rings. The molecule has 0 saturated heterocycles. The van der Waals surface area contributed by atoms with Crippen molar-refractivity contribution in [2.24, 2.45) is 11.7 Å². The second kappa shape index (κ2) is 6.43. The van der Waals surface area contributed by atoms with Crippen molar-refractivity contribution in [1.29, 1.82) is 0 Å². The summed E-state index contributed by atoms with van der Waals surface area (Å²) in [5.41, 5.74) is 5.35. The monoisotopic (exact) mass is 181 g/mol. The second-order valence-corrected chi connectivity index (χ2v) is 2.63. The summed E-state index contributed by atoms with van der Waals surface area (Å²) < 4.78 is 0. The quantitative estimate of drug-likeness (QED) is 0.687. The first-order valence-electron chi connectivity index (χ1n) is 3.58. The molecule has 68 valence electrons. The van der Waals surface area contributed by atoms with Crippen molar-refractivity contribution >= 4 is 18.4 Å². The Morgan fingerprint density at radius 1 is 1.64 bits per heavy atom. The van der Waals surface area contributed by atoms with E-state index in [4.69, 9.17) is 10.8 Å². The molecular weight excluding hydrogens is 166 g/mol. The van der Waals surface area contributed by atoms with E-state index in [1.54, 1.807) is 0 Å². The summed E-state index contributed by atoms with van der Waals surface area (Å²) in [6.45, 7) is 3.88. The first-order chi connectivity index (χ1) is 4.59. The number of carboxylic acids is 1. The standard InChI is InChI=1S/C7H15NO2.ClH/c1-3-4-5(2)6(8)7(9)10;/h5-6H,3-4,8H2,1-2H3,(H,9,10);1H/t5?,6-;/m0./s1. The highest BCUT2D eigenvalue weighted by Crippen LogP contribution is 2.08. The minimum atomic E-state index is -0.902. The number of rotatable bonds is 4. The van der Waals surface area contributed by atoms with Gasteiger partial charge in [-0.2, -0.15) is 0 Å². The first kappa shape index (κ1) is 13.3. The highest BCUT2D eigenvalue weighted by atomic mass is 35.5. The first-order valence-corrected chi connectivity index (χ1v) is 3.58. The van der Waals surface area contributed by atoms with E-state index in [9.17, 15) is 4.79 Å². The molecule has 3 nitrogen and oxygen atoms in total. The third-order valence-corrected chi connectivity index (χ3v) is 1.64. The van der Waals surface area contributed by atoms with Crippen LogP contribution in [0.15, 0.2) is 0 Å². The smallest absolute Gasteiger partial charge is 0.320 e. The van der Waals surface area contributed by atoms with E-state index in [2.05, 4.69) is 0 Å². The van der Waals surface area contributed by atoms with Gasteiger partial charge in [-0.3, -0.25) is 4.79 Å². The van der Waals surface area contributed by atoms with Crippen molar-refractivity contribution in [2.45, 2.75) is 32.7 Å². The summed E-state index contributed by atoms with van der Waals surface area (Å²) in [6.07, 6.45) is 1.87. The Labute approximate surface area is 73.4 Å². The number of carboxylic acid groups (broad SMARTS) is 1. The van der Waals surface area contributed by atoms with E-state index in [-0.39, 0.29) is 18.3 Å². The summed E-state index contributed by atoms with van der Waals surface area (Å²) in [4.78, 5) is 10.3. The summed E-state index contributed by atoms with van der Waals surface area (Å²) in [7, 11) is 0. The molecule has 0 heterocycles. The van der Waals surface area contributed by atoms with E-state index < -0.39 is 12.0 Å². The lowest BCUT2D eigenvalue weighted by Crippen LogP contribution is -2.36. The van der Waals surface area contributed by atoms with Crippen LogP contribution in [0.4, 0.5) is 0 Å². The third-order valence-electron chi connectivity index (χ3n) is 1.64. The normalized spacial score (nSPS) is 14.8. The SMILES string of the molecule is CCCC(C)[C@H](N)C(=O)O.Cl. The third kappa shape index (κ3) is 5.04. The Kier molecular flexibility index (Phi) is 7.79. The zero-order valence-corrected chi connectivity index (χ0v) is 7.73. The minimum Gasteiger partial charge on any atom is -0.480 e. The van der Waals surface area contributed by atoms with Gasteiger partial charge in [-0.25, -0.2) is 0 Å². The number of aliphatic carboxylic acids is 1. The van der Waals surface area contributed by atoms with Crippen LogP contribution in [0.2, 0.25) is 0 Å². The molecule has 0 aromatic rings. The van der Waals surface area contributed by atoms with Gasteiger partial charge >= 0.3 is 5.97 Å². The Balaban J connectivity index is 0. The Morgan fingerprint density at radius 3 is 2.36 bits per heavy atom. The molecule has 3 N–H and O–H groups in total. The van der Waals surface area contributed by atoms with Crippen LogP contribution >= 0.6 is 12.4 Å². The van der Waals surface area contributed by atoms with Gasteiger partial charge in [-0.15, -0.1) is 12.4 Å². The van der Waals surface area contributed by atoms with E-state index in [1.807, 2.05) is 13.8 Å². The van der Waals surface area contributed by atoms with Gasteiger partial charge in [0, 0.05) is 0 Å². The van der Waals surface area contributed by atoms with Crippen LogP contribution in [0, 0.1) is 5.92 Å². The van der Waals surface area contributed by atoms with E-state index >= 15 is 0 Å². The van der Waals surface area contributed by atoms with Crippen LogP contribution in [-0.4, -0.2) is 17.1 Å². The number of hydrogen-bond acceptors (Lipinski definition) is 2. The lowest BCUT2D eigenvalue weighted by atomic mass is 9.98. The Hall–Kier alpha value is -0.280. The van der Waals surface area contributed by atoms with Crippen molar-refractivity contribution in [2.75, 3.05) is 0 Å². The number of hydrogen-bond donors (Lipinski definition) is 2. The van der Waals surface area contributed by atoms with Gasteiger partial charge in [0.2, 0.25) is 0 Å². The lowest BCUT2D eigenvalue weighted by molar-refractivity contribution is -0.139. The molecule has 11 heavy (non-hydrogen) atoms. The molecule has 0 aromatic carbocycles. The van der Waals surface area contributed by atoms with Crippen LogP contribution in [0.5, 0.6) is 0 Å². The summed E-state index contributed by atoms with van der Waals surface area (Å²) in [6, 6.07) is -0.694. The minimum absolute atomic E-state index is 0. The highest BCUT2D eigenvalue weighted by molar-refractivity contribution is 5.85. The van der Waals surface area contributed by atoms with Gasteiger partial charge in [0.25, 0.3) is 0 Å². The molecule has 0 amide bonds. The maximum atomic E-state index is 10.3. The fraction of sp³-hybridized carbons (Fsp3) is 0.857. The summed E-state index contributed by atoms with van der Waals surface area (Å²) in [5.74, 6) is -0.816. The van der Waals surface area contributed by atoms with Gasteiger partial charge in [-0.05, 0) is 12.3 Å². The Morgan fingerprint density at radius 2 is 2.09 bits per heavy atom. The van der Waals surface area contributed by atoms with Crippen LogP contribution in [-0.2, 0) is 4.79 Å². The van der Waals surface area contributed by atoms with Crippen molar-refractivity contribution in [3.8, 4) is 0 Å². The van der Waals surface area contributed by atoms with Gasteiger partial charge in [-0.1, -0.05) is 20.3 Å². The van der Waals surface area contributed by atoms with Crippen molar-refractivity contribution in [3.05, 3.63) is 0 Å². The average Bonchev–Trinajstić information content (AvgIpc) is 1.87. The molecule has 0 aliphatic carbocycles. The molecule has 0 radical (unpaired) electrons. The van der Waals surface area contributed by atoms with Gasteiger partial charge in [0.15, 0.2) is 0 Å². The molecule has 0 rings (SSSR count). The predicted molar refractivity (Wildman–Crippen MR) is 46.9 cm³/mol. The van der Waals surface area contributed by atoms with Crippen LogP contribution in [0.1, 0.15) is 26.7 Å². The van der Waals surface area contributed by atoms with Crippen molar-refractivity contribution in [1.82, 2.24) is 0 Å². The predicted octanol–water partition coefficient (Wildman–Crippen LogP) is 1.26. The topological polar surface area (TPSA) is 63.3 Å². The molecule has 1 unspecified atom stereocenters. The van der Waals surface area contributed by atoms with E-state index in [0.717, 1.165) is 12.8 Å². The highest BCUT2D eigenvalue weighted by Gasteiger charge is 2.18. The molecule has 0 bridgehead atoms. The largest absolute Gasteiger partial charge is 0.480 e. The summed E-state index contributed by atoms with van der Waals surface area (Å²) >= 11 is 0. The number of nitrogens with two attached hydrogens (primary N) is 1.